The number of hydrogen-bond donors (Lipinski definition) is 0. The van der Waals surface area contributed by atoms with E-state index in [0.29, 0.717) is 34.7 Å². The van der Waals surface area contributed by atoms with Gasteiger partial charge in [-0.15, -0.1) is 0 Å². The van der Waals surface area contributed by atoms with Crippen molar-refractivity contribution in [2.24, 2.45) is 0 Å². The summed E-state index contributed by atoms with van der Waals surface area (Å²) in [6.45, 7) is 0. The summed E-state index contributed by atoms with van der Waals surface area (Å²) in [4.78, 5) is 19.9. The lowest BCUT2D eigenvalue weighted by Crippen LogP contribution is -2.27. The van der Waals surface area contributed by atoms with Gasteiger partial charge in [0.25, 0.3) is 0 Å². The maximum atomic E-state index is 14.6. The van der Waals surface area contributed by atoms with Crippen molar-refractivity contribution in [2.45, 2.75) is 9.79 Å². The van der Waals surface area contributed by atoms with Crippen molar-refractivity contribution in [3.05, 3.63) is 164 Å². The van der Waals surface area contributed by atoms with E-state index >= 15 is 0 Å². The predicted molar refractivity (Wildman–Crippen MR) is 202 cm³/mol. The van der Waals surface area contributed by atoms with Crippen molar-refractivity contribution in [3.8, 4) is 33.9 Å². The van der Waals surface area contributed by atoms with Crippen LogP contribution in [0.5, 0.6) is 0 Å². The molecule has 0 atom stereocenters. The summed E-state index contributed by atoms with van der Waals surface area (Å²) in [5, 5.41) is 2.08. The van der Waals surface area contributed by atoms with E-state index in [-0.39, 0.29) is 9.79 Å². The van der Waals surface area contributed by atoms with Crippen molar-refractivity contribution < 1.29 is 8.42 Å². The number of anilines is 6. The molecule has 242 valence electrons. The van der Waals surface area contributed by atoms with Crippen molar-refractivity contribution in [2.75, 3.05) is 9.80 Å². The zero-order chi connectivity index (χ0) is 34.1. The highest BCUT2D eigenvalue weighted by atomic mass is 32.2. The minimum atomic E-state index is -3.93. The standard InChI is InChI=1S/C43H27N5O2S/c49-51(50)36-25-11-10-23-34(36)47(31-20-8-3-9-21-31)40-37(51)27-26-33-32-22-12-18-28-19-13-24-35(38(28)32)48(39(33)40)43-45-41(29-14-4-1-5-15-29)44-42(46-43)30-16-6-2-7-17-30/h1-27H. The highest BCUT2D eigenvalue weighted by Crippen LogP contribution is 2.60. The number of rotatable bonds is 4. The van der Waals surface area contributed by atoms with Gasteiger partial charge in [0, 0.05) is 27.8 Å². The molecule has 1 aromatic heterocycles. The molecule has 51 heavy (non-hydrogen) atoms. The molecule has 0 saturated heterocycles. The van der Waals surface area contributed by atoms with Gasteiger partial charge in [0.2, 0.25) is 15.8 Å². The molecule has 0 aliphatic carbocycles. The summed E-state index contributed by atoms with van der Waals surface area (Å²) in [5.41, 5.74) is 7.01. The Morgan fingerprint density at radius 1 is 0.431 bits per heavy atom. The second-order valence-electron chi connectivity index (χ2n) is 12.5. The summed E-state index contributed by atoms with van der Waals surface area (Å²) in [5.74, 6) is 1.40. The molecule has 0 N–H and O–H groups in total. The van der Waals surface area contributed by atoms with Crippen LogP contribution >= 0.6 is 0 Å². The van der Waals surface area contributed by atoms with Crippen LogP contribution < -0.4 is 9.80 Å². The minimum Gasteiger partial charge on any atom is -0.306 e. The molecule has 0 fully saturated rings. The van der Waals surface area contributed by atoms with Crippen LogP contribution in [0.3, 0.4) is 0 Å². The largest absolute Gasteiger partial charge is 0.306 e. The Kier molecular flexibility index (Phi) is 6.43. The first-order valence-electron chi connectivity index (χ1n) is 16.6. The Labute approximate surface area is 294 Å². The van der Waals surface area contributed by atoms with E-state index in [9.17, 15) is 8.42 Å². The molecular formula is C43H27N5O2S. The fourth-order valence-corrected chi connectivity index (χ4v) is 8.97. The molecule has 0 saturated carbocycles. The first-order valence-corrected chi connectivity index (χ1v) is 18.1. The number of nitrogens with zero attached hydrogens (tertiary/aromatic N) is 5. The normalized spacial score (nSPS) is 13.7. The third-order valence-corrected chi connectivity index (χ3v) is 11.4. The number of hydrogen-bond acceptors (Lipinski definition) is 7. The average Bonchev–Trinajstić information content (AvgIpc) is 3.19. The third kappa shape index (κ3) is 4.43. The summed E-state index contributed by atoms with van der Waals surface area (Å²) in [6.07, 6.45) is 0. The first-order chi connectivity index (χ1) is 25.1. The van der Waals surface area contributed by atoms with E-state index in [1.165, 1.54) is 0 Å². The van der Waals surface area contributed by atoms with Crippen LogP contribution in [-0.4, -0.2) is 23.4 Å². The van der Waals surface area contributed by atoms with E-state index < -0.39 is 9.84 Å². The zero-order valence-corrected chi connectivity index (χ0v) is 27.9. The molecule has 3 heterocycles. The van der Waals surface area contributed by atoms with E-state index in [1.54, 1.807) is 18.2 Å². The summed E-state index contributed by atoms with van der Waals surface area (Å²) in [6, 6.07) is 52.9. The zero-order valence-electron chi connectivity index (χ0n) is 27.0. The van der Waals surface area contributed by atoms with Crippen molar-refractivity contribution >= 4 is 55.0 Å². The number of fused-ring (bicyclic) bond motifs is 5. The molecule has 8 aromatic rings. The van der Waals surface area contributed by atoms with Gasteiger partial charge in [-0.1, -0.05) is 127 Å². The number of aromatic nitrogens is 3. The number of para-hydroxylation sites is 2. The maximum absolute atomic E-state index is 14.6. The van der Waals surface area contributed by atoms with E-state index in [1.807, 2.05) is 126 Å². The van der Waals surface area contributed by atoms with Crippen LogP contribution in [0, 0.1) is 0 Å². The smallest absolute Gasteiger partial charge is 0.238 e. The number of benzene rings is 7. The second kappa shape index (κ2) is 11.2. The molecular weight excluding hydrogens is 651 g/mol. The van der Waals surface area contributed by atoms with Crippen molar-refractivity contribution in [1.29, 1.82) is 0 Å². The Hall–Kier alpha value is -6.64. The summed E-state index contributed by atoms with van der Waals surface area (Å²) >= 11 is 0. The summed E-state index contributed by atoms with van der Waals surface area (Å²) in [7, 11) is -3.93. The van der Waals surface area contributed by atoms with Gasteiger partial charge in [-0.2, -0.15) is 9.97 Å². The quantitative estimate of drug-likeness (QED) is 0.183. The van der Waals surface area contributed by atoms with E-state index in [4.69, 9.17) is 15.0 Å². The van der Waals surface area contributed by atoms with Crippen LogP contribution in [0.1, 0.15) is 0 Å². The van der Waals surface area contributed by atoms with Crippen LogP contribution in [0.25, 0.3) is 44.7 Å². The molecule has 0 amide bonds. The average molecular weight is 678 g/mol. The van der Waals surface area contributed by atoms with Gasteiger partial charge in [-0.3, -0.25) is 4.90 Å². The lowest BCUT2D eigenvalue weighted by molar-refractivity contribution is 0.595. The molecule has 0 bridgehead atoms. The molecule has 7 nitrogen and oxygen atoms in total. The van der Waals surface area contributed by atoms with Gasteiger partial charge in [0.1, 0.15) is 0 Å². The lowest BCUT2D eigenvalue weighted by atomic mass is 9.90. The molecule has 0 unspecified atom stereocenters. The maximum Gasteiger partial charge on any atom is 0.238 e. The molecule has 0 radical (unpaired) electrons. The Bertz CT molecular complexity index is 2710. The molecule has 2 aliphatic heterocycles. The van der Waals surface area contributed by atoms with Crippen LogP contribution in [0.15, 0.2) is 174 Å². The van der Waals surface area contributed by atoms with E-state index in [2.05, 4.69) is 29.2 Å². The fourth-order valence-electron chi connectivity index (χ4n) is 7.35. The lowest BCUT2D eigenvalue weighted by Gasteiger charge is -2.40. The second-order valence-corrected chi connectivity index (χ2v) is 14.4. The Morgan fingerprint density at radius 3 is 1.71 bits per heavy atom. The molecule has 10 rings (SSSR count). The first kappa shape index (κ1) is 29.3. The SMILES string of the molecule is O=S1(=O)c2ccccc2N(c2ccccc2)c2c1ccc1c2N(c2nc(-c3ccccc3)nc(-c3ccccc3)n2)c2cccc3cccc-1c23. The van der Waals surface area contributed by atoms with Crippen LogP contribution in [0.2, 0.25) is 0 Å². The molecule has 0 spiro atoms. The Balaban J connectivity index is 1.36. The fraction of sp³-hybridized carbons (Fsp3) is 0. The van der Waals surface area contributed by atoms with Crippen molar-refractivity contribution in [3.63, 3.8) is 0 Å². The van der Waals surface area contributed by atoms with Crippen LogP contribution in [-0.2, 0) is 9.84 Å². The van der Waals surface area contributed by atoms with Crippen LogP contribution in [0.4, 0.5) is 34.4 Å². The topological polar surface area (TPSA) is 79.3 Å². The highest BCUT2D eigenvalue weighted by Gasteiger charge is 2.41. The van der Waals surface area contributed by atoms with Gasteiger partial charge in [0.05, 0.1) is 32.5 Å². The monoisotopic (exact) mass is 677 g/mol. The number of sulfone groups is 1. The minimum absolute atomic E-state index is 0.209. The van der Waals surface area contributed by atoms with Gasteiger partial charge < -0.3 is 4.90 Å². The molecule has 2 aliphatic rings. The summed E-state index contributed by atoms with van der Waals surface area (Å²) < 4.78 is 29.3. The van der Waals surface area contributed by atoms with Gasteiger partial charge in [0.15, 0.2) is 11.6 Å². The third-order valence-electron chi connectivity index (χ3n) is 9.56. The van der Waals surface area contributed by atoms with Gasteiger partial charge in [-0.25, -0.2) is 13.4 Å². The molecule has 8 heteroatoms. The van der Waals surface area contributed by atoms with E-state index in [0.717, 1.165) is 44.4 Å². The molecule has 7 aromatic carbocycles. The highest BCUT2D eigenvalue weighted by molar-refractivity contribution is 7.92. The van der Waals surface area contributed by atoms with Gasteiger partial charge >= 0.3 is 0 Å². The van der Waals surface area contributed by atoms with Crippen molar-refractivity contribution in [1.82, 2.24) is 15.0 Å². The Morgan fingerprint density at radius 2 is 1.02 bits per heavy atom. The van der Waals surface area contributed by atoms with Gasteiger partial charge in [-0.05, 0) is 47.3 Å². The predicted octanol–water partition coefficient (Wildman–Crippen LogP) is 10.4.